The van der Waals surface area contributed by atoms with E-state index in [9.17, 15) is 4.79 Å². The summed E-state index contributed by atoms with van der Waals surface area (Å²) in [5, 5.41) is 8.42. The molecule has 0 atom stereocenters. The number of hydrogen-bond donors (Lipinski definition) is 1. The van der Waals surface area contributed by atoms with Gasteiger partial charge in [-0.3, -0.25) is 4.79 Å². The van der Waals surface area contributed by atoms with Gasteiger partial charge < -0.3 is 9.84 Å². The maximum atomic E-state index is 10.2. The second kappa shape index (κ2) is 15.5. The molecule has 0 unspecified atom stereocenters. The van der Waals surface area contributed by atoms with E-state index in [1.54, 1.807) is 12.2 Å². The summed E-state index contributed by atoms with van der Waals surface area (Å²) < 4.78 is 5.38. The van der Waals surface area contributed by atoms with Gasteiger partial charge in [-0.15, -0.1) is 5.73 Å². The highest BCUT2D eigenvalue weighted by Crippen LogP contribution is 1.94. The van der Waals surface area contributed by atoms with E-state index in [0.717, 1.165) is 19.3 Å². The Hall–Kier alpha value is -1.57. The zero-order valence-corrected chi connectivity index (χ0v) is 12.4. The fourth-order valence-corrected chi connectivity index (χ4v) is 1.38. The van der Waals surface area contributed by atoms with Crippen molar-refractivity contribution in [2.75, 3.05) is 13.2 Å². The smallest absolute Gasteiger partial charge is 0.303 e. The molecule has 0 aliphatic rings. The summed E-state index contributed by atoms with van der Waals surface area (Å²) in [6.07, 6.45) is 17.1. The molecule has 0 radical (unpaired) electrons. The number of ether oxygens (including phenoxy) is 1. The second-order valence-electron chi connectivity index (χ2n) is 4.34. The summed E-state index contributed by atoms with van der Waals surface area (Å²) in [6.45, 7) is 3.39. The van der Waals surface area contributed by atoms with E-state index >= 15 is 0 Å². The molecule has 3 heteroatoms. The average Bonchev–Trinajstić information content (AvgIpc) is 2.43. The van der Waals surface area contributed by atoms with Crippen LogP contribution in [-0.2, 0) is 9.53 Å². The summed E-state index contributed by atoms with van der Waals surface area (Å²) in [5.74, 6) is -0.782. The molecule has 0 aromatic carbocycles. The summed E-state index contributed by atoms with van der Waals surface area (Å²) in [7, 11) is 0. The van der Waals surface area contributed by atoms with Crippen LogP contribution in [0.5, 0.6) is 0 Å². The summed E-state index contributed by atoms with van der Waals surface area (Å²) in [6, 6.07) is 0. The SMILES string of the molecule is CCCC=CCC=CCCOCC=C=CCCC(=O)O. The molecule has 0 aliphatic heterocycles. The van der Waals surface area contributed by atoms with E-state index in [2.05, 4.69) is 37.0 Å². The molecule has 0 rings (SSSR count). The Bertz CT molecular complexity index is 347. The first-order valence-electron chi connectivity index (χ1n) is 7.26. The van der Waals surface area contributed by atoms with Crippen molar-refractivity contribution in [1.29, 1.82) is 0 Å². The minimum absolute atomic E-state index is 0.152. The lowest BCUT2D eigenvalue weighted by atomic mass is 10.2. The first-order chi connectivity index (χ1) is 9.77. The molecule has 0 bridgehead atoms. The maximum Gasteiger partial charge on any atom is 0.303 e. The van der Waals surface area contributed by atoms with Gasteiger partial charge in [-0.25, -0.2) is 0 Å². The molecule has 0 spiro atoms. The van der Waals surface area contributed by atoms with Crippen LogP contribution in [0.4, 0.5) is 0 Å². The zero-order valence-electron chi connectivity index (χ0n) is 12.4. The number of allylic oxidation sites excluding steroid dienone is 3. The van der Waals surface area contributed by atoms with Crippen LogP contribution in [0.3, 0.4) is 0 Å². The Labute approximate surface area is 122 Å². The number of rotatable bonds is 12. The van der Waals surface area contributed by atoms with Gasteiger partial charge in [0.2, 0.25) is 0 Å². The number of carboxylic acids is 1. The summed E-state index contributed by atoms with van der Waals surface area (Å²) >= 11 is 0. The van der Waals surface area contributed by atoms with E-state index in [0.29, 0.717) is 19.6 Å². The number of unbranched alkanes of at least 4 members (excludes halogenated alkanes) is 1. The van der Waals surface area contributed by atoms with Crippen molar-refractivity contribution in [3.8, 4) is 0 Å². The molecule has 112 valence electrons. The van der Waals surface area contributed by atoms with Crippen LogP contribution in [0.2, 0.25) is 0 Å². The highest BCUT2D eigenvalue weighted by molar-refractivity contribution is 5.66. The van der Waals surface area contributed by atoms with Gasteiger partial charge in [-0.05, 0) is 37.8 Å². The van der Waals surface area contributed by atoms with E-state index in [4.69, 9.17) is 9.84 Å². The van der Waals surface area contributed by atoms with Gasteiger partial charge in [-0.1, -0.05) is 37.6 Å². The van der Waals surface area contributed by atoms with Gasteiger partial charge in [-0.2, -0.15) is 0 Å². The van der Waals surface area contributed by atoms with Crippen LogP contribution >= 0.6 is 0 Å². The predicted molar refractivity (Wildman–Crippen MR) is 82.8 cm³/mol. The van der Waals surface area contributed by atoms with Gasteiger partial charge in [0.25, 0.3) is 0 Å². The molecule has 0 fully saturated rings. The second-order valence-corrected chi connectivity index (χ2v) is 4.34. The quantitative estimate of drug-likeness (QED) is 0.329. The summed E-state index contributed by atoms with van der Waals surface area (Å²) in [4.78, 5) is 10.2. The van der Waals surface area contributed by atoms with Gasteiger partial charge in [0.15, 0.2) is 0 Å². The van der Waals surface area contributed by atoms with Gasteiger partial charge in [0.1, 0.15) is 0 Å². The third kappa shape index (κ3) is 16.4. The normalized spacial score (nSPS) is 10.8. The van der Waals surface area contributed by atoms with Gasteiger partial charge in [0.05, 0.1) is 13.2 Å². The molecule has 0 amide bonds. The number of carbonyl (C=O) groups is 1. The molecule has 0 aromatic heterocycles. The zero-order chi connectivity index (χ0) is 14.9. The molecule has 1 N–H and O–H groups in total. The van der Waals surface area contributed by atoms with Crippen molar-refractivity contribution in [2.45, 2.75) is 45.4 Å². The van der Waals surface area contributed by atoms with Gasteiger partial charge in [0, 0.05) is 6.42 Å². The Morgan fingerprint density at radius 1 is 1.10 bits per heavy atom. The van der Waals surface area contributed by atoms with E-state index in [1.807, 2.05) is 0 Å². The van der Waals surface area contributed by atoms with Crippen molar-refractivity contribution in [2.24, 2.45) is 0 Å². The molecule has 0 saturated carbocycles. The predicted octanol–water partition coefficient (Wildman–Crippen LogP) is 4.27. The molecule has 0 aliphatic carbocycles. The lowest BCUT2D eigenvalue weighted by molar-refractivity contribution is -0.136. The number of aliphatic carboxylic acids is 1. The molecular weight excluding hydrogens is 252 g/mol. The van der Waals surface area contributed by atoms with Crippen LogP contribution < -0.4 is 0 Å². The molecule has 0 saturated heterocycles. The molecule has 20 heavy (non-hydrogen) atoms. The molecular formula is C17H26O3. The Balaban J connectivity index is 3.37. The molecule has 0 heterocycles. The summed E-state index contributed by atoms with van der Waals surface area (Å²) in [5.41, 5.74) is 2.91. The van der Waals surface area contributed by atoms with Crippen LogP contribution in [-0.4, -0.2) is 24.3 Å². The Morgan fingerprint density at radius 2 is 1.85 bits per heavy atom. The fraction of sp³-hybridized carbons (Fsp3) is 0.529. The van der Waals surface area contributed by atoms with Crippen LogP contribution in [0, 0.1) is 0 Å². The Kier molecular flexibility index (Phi) is 14.3. The van der Waals surface area contributed by atoms with Crippen LogP contribution in [0.25, 0.3) is 0 Å². The fourth-order valence-electron chi connectivity index (χ4n) is 1.38. The topological polar surface area (TPSA) is 46.5 Å². The first-order valence-corrected chi connectivity index (χ1v) is 7.26. The van der Waals surface area contributed by atoms with Crippen LogP contribution in [0.1, 0.15) is 45.4 Å². The third-order valence-corrected chi connectivity index (χ3v) is 2.43. The van der Waals surface area contributed by atoms with Crippen molar-refractivity contribution < 1.29 is 14.6 Å². The van der Waals surface area contributed by atoms with E-state index in [-0.39, 0.29) is 6.42 Å². The van der Waals surface area contributed by atoms with E-state index < -0.39 is 5.97 Å². The third-order valence-electron chi connectivity index (χ3n) is 2.43. The number of hydrogen-bond acceptors (Lipinski definition) is 2. The highest BCUT2D eigenvalue weighted by atomic mass is 16.5. The van der Waals surface area contributed by atoms with Crippen molar-refractivity contribution in [1.82, 2.24) is 0 Å². The van der Waals surface area contributed by atoms with Crippen molar-refractivity contribution in [3.05, 3.63) is 42.2 Å². The minimum atomic E-state index is -0.782. The lowest BCUT2D eigenvalue weighted by Crippen LogP contribution is -1.92. The monoisotopic (exact) mass is 278 g/mol. The molecule has 3 nitrogen and oxygen atoms in total. The minimum Gasteiger partial charge on any atom is -0.481 e. The molecule has 0 aromatic rings. The standard InChI is InChI=1S/C17H26O3/c1-2-3-4-5-6-7-9-12-15-20-16-13-10-8-11-14-17(18)19/h4-5,7-9,13H,2-3,6,11-12,14-16H2,1H3,(H,18,19). The van der Waals surface area contributed by atoms with Crippen LogP contribution in [0.15, 0.2) is 42.2 Å². The highest BCUT2D eigenvalue weighted by Gasteiger charge is 1.90. The van der Waals surface area contributed by atoms with Crippen molar-refractivity contribution in [3.63, 3.8) is 0 Å². The first kappa shape index (κ1) is 18.4. The van der Waals surface area contributed by atoms with E-state index in [1.165, 1.54) is 6.42 Å². The van der Waals surface area contributed by atoms with Crippen molar-refractivity contribution >= 4 is 5.97 Å². The lowest BCUT2D eigenvalue weighted by Gasteiger charge is -1.95. The largest absolute Gasteiger partial charge is 0.481 e. The number of carboxylic acid groups (broad SMARTS) is 1. The van der Waals surface area contributed by atoms with Gasteiger partial charge >= 0.3 is 5.97 Å². The Morgan fingerprint density at radius 3 is 2.55 bits per heavy atom. The maximum absolute atomic E-state index is 10.2. The average molecular weight is 278 g/mol.